The molecule has 0 heterocycles. The molecule has 0 radical (unpaired) electrons. The molecule has 6 aliphatic carbocycles. The molecule has 2 aromatic carbocycles. The SMILES string of the molecule is CCCC(C)CCCCCCCCC[C@H]1C[C@@]2(C)C(CC[C@@H]2O)C2CCc3cc(O)ccc3C21.CCCC(CCCCCCCCC[C@H]1C[C@@]2(C)C(CC[C@@H]2O)C2CCc3cc(O)ccc3C21)C(=O)O.CO. The molecule has 0 spiro atoms. The normalized spacial score (nSPS) is 31.7. The lowest BCUT2D eigenvalue weighted by molar-refractivity contribution is -0.142. The minimum Gasteiger partial charge on any atom is -0.508 e. The highest BCUT2D eigenvalue weighted by Crippen LogP contribution is 2.65. The number of aliphatic carboxylic acids is 1. The molecule has 0 amide bonds. The van der Waals surface area contributed by atoms with E-state index < -0.39 is 5.97 Å². The van der Waals surface area contributed by atoms with Gasteiger partial charge in [-0.2, -0.15) is 0 Å². The van der Waals surface area contributed by atoms with Crippen molar-refractivity contribution in [2.24, 2.45) is 58.2 Å². The standard InChI is InChI=1S/C32H50O4.C32H52O2.CH4O/c1-3-11-22(31(35)36)12-9-7-5-4-6-8-10-13-24-21-32(2)28(18-19-29(32)34)27-16-14-23-20-25(33)15-17-26(23)30(24)27;1-4-12-23(2)13-10-8-6-5-7-9-11-14-25-22-32(3)29(19-20-30(32)34)28-17-15-24-21-26(33)16-18-27(24)31(25)28;1-2/h15,17,20,22,24,27-30,33-34H,3-14,16,18-19,21H2,1-2H3,(H,35,36);16,18,21,23,25,28-31,33-34H,4-15,17,19-20,22H2,1-3H3;2H,1H3/t22?,24-,27?,28?,29-,30?,32-;23?,25-,28?,29?,30-,31?,32-;/m00./s1. The summed E-state index contributed by atoms with van der Waals surface area (Å²) >= 11 is 0. The number of hydrogen-bond acceptors (Lipinski definition) is 6. The Morgan fingerprint density at radius 1 is 0.556 bits per heavy atom. The van der Waals surface area contributed by atoms with E-state index in [0.717, 1.165) is 77.2 Å². The number of hydrogen-bond donors (Lipinski definition) is 6. The molecule has 408 valence electrons. The van der Waals surface area contributed by atoms with Gasteiger partial charge in [-0.25, -0.2) is 0 Å². The maximum absolute atomic E-state index is 11.3. The van der Waals surface area contributed by atoms with Crippen molar-refractivity contribution in [2.75, 3.05) is 7.11 Å². The van der Waals surface area contributed by atoms with Crippen molar-refractivity contribution in [3.8, 4) is 11.5 Å². The molecule has 0 aromatic heterocycles. The first-order valence-electron chi connectivity index (χ1n) is 30.5. The van der Waals surface area contributed by atoms with Gasteiger partial charge in [-0.15, -0.1) is 0 Å². The number of carboxylic acids is 1. The molecule has 6 N–H and O–H groups in total. The van der Waals surface area contributed by atoms with Gasteiger partial charge in [0, 0.05) is 7.11 Å². The lowest BCUT2D eigenvalue weighted by Crippen LogP contribution is -2.47. The number of carbonyl (C=O) groups is 1. The molecular formula is C65H106O7. The molecule has 72 heavy (non-hydrogen) atoms. The Bertz CT molecular complexity index is 1910. The number of fused-ring (bicyclic) bond motifs is 10. The minimum atomic E-state index is -0.621. The second-order valence-corrected chi connectivity index (χ2v) is 25.4. The zero-order chi connectivity index (χ0) is 51.8. The molecule has 2 aromatic rings. The van der Waals surface area contributed by atoms with E-state index in [1.54, 1.807) is 0 Å². The summed E-state index contributed by atoms with van der Waals surface area (Å²) in [6.07, 6.45) is 38.5. The van der Waals surface area contributed by atoms with Crippen molar-refractivity contribution in [1.29, 1.82) is 0 Å². The van der Waals surface area contributed by atoms with Gasteiger partial charge in [0.25, 0.3) is 0 Å². The van der Waals surface area contributed by atoms with Gasteiger partial charge >= 0.3 is 5.97 Å². The minimum absolute atomic E-state index is 0.0752. The second kappa shape index (κ2) is 28.5. The molecule has 0 saturated heterocycles. The number of unbranched alkanes of at least 4 members (excludes halogenated alkanes) is 12. The fourth-order valence-electron chi connectivity index (χ4n) is 17.1. The Morgan fingerprint density at radius 2 is 0.958 bits per heavy atom. The molecule has 7 nitrogen and oxygen atoms in total. The topological polar surface area (TPSA) is 138 Å². The summed E-state index contributed by atoms with van der Waals surface area (Å²) in [6.45, 7) is 11.6. The molecule has 0 aliphatic heterocycles. The Balaban J connectivity index is 0.000000228. The molecular weight excluding hydrogens is 893 g/mol. The Morgan fingerprint density at radius 3 is 1.38 bits per heavy atom. The predicted molar refractivity (Wildman–Crippen MR) is 297 cm³/mol. The van der Waals surface area contributed by atoms with E-state index in [-0.39, 0.29) is 29.0 Å². The van der Waals surface area contributed by atoms with Gasteiger partial charge in [-0.1, -0.05) is 162 Å². The number of phenolic OH excluding ortho intramolecular Hbond substituents is 2. The monoisotopic (exact) mass is 999 g/mol. The van der Waals surface area contributed by atoms with Crippen LogP contribution in [0.4, 0.5) is 0 Å². The van der Waals surface area contributed by atoms with Gasteiger partial charge in [0.05, 0.1) is 18.1 Å². The van der Waals surface area contributed by atoms with Gasteiger partial charge in [-0.3, -0.25) is 4.79 Å². The summed E-state index contributed by atoms with van der Waals surface area (Å²) in [5.41, 5.74) is 5.95. The summed E-state index contributed by atoms with van der Waals surface area (Å²) in [5.74, 6) is 6.18. The predicted octanol–water partition coefficient (Wildman–Crippen LogP) is 16.2. The van der Waals surface area contributed by atoms with Crippen molar-refractivity contribution in [3.05, 3.63) is 58.7 Å². The lowest BCUT2D eigenvalue weighted by atomic mass is 9.51. The lowest BCUT2D eigenvalue weighted by Gasteiger charge is -2.54. The van der Waals surface area contributed by atoms with Crippen molar-refractivity contribution < 1.29 is 35.4 Å². The van der Waals surface area contributed by atoms with Crippen LogP contribution >= 0.6 is 0 Å². The fraction of sp³-hybridized carbons (Fsp3) is 0.800. The Labute approximate surface area is 439 Å². The number of rotatable bonds is 25. The first kappa shape index (κ1) is 58.6. The maximum Gasteiger partial charge on any atom is 0.306 e. The van der Waals surface area contributed by atoms with E-state index in [4.69, 9.17) is 5.11 Å². The first-order valence-corrected chi connectivity index (χ1v) is 30.5. The molecule has 4 fully saturated rings. The summed E-state index contributed by atoms with van der Waals surface area (Å²) in [6, 6.07) is 12.3. The number of benzene rings is 2. The molecule has 8 rings (SSSR count). The number of carboxylic acid groups (broad SMARTS) is 1. The number of aliphatic hydroxyl groups is 3. The van der Waals surface area contributed by atoms with Crippen LogP contribution in [-0.4, -0.2) is 55.9 Å². The third kappa shape index (κ3) is 14.4. The summed E-state index contributed by atoms with van der Waals surface area (Å²) in [5, 5.41) is 58.4. The summed E-state index contributed by atoms with van der Waals surface area (Å²) in [7, 11) is 1.00. The summed E-state index contributed by atoms with van der Waals surface area (Å²) in [4.78, 5) is 11.3. The molecule has 8 unspecified atom stereocenters. The molecule has 4 saturated carbocycles. The average molecular weight is 1000 g/mol. The first-order chi connectivity index (χ1) is 34.8. The van der Waals surface area contributed by atoms with Gasteiger partial charge in [-0.05, 0) is 201 Å². The van der Waals surface area contributed by atoms with Crippen molar-refractivity contribution in [2.45, 2.75) is 264 Å². The van der Waals surface area contributed by atoms with Gasteiger partial charge in [0.2, 0.25) is 0 Å². The van der Waals surface area contributed by atoms with Crippen LogP contribution in [0.1, 0.15) is 261 Å². The average Bonchev–Trinajstić information content (AvgIpc) is 3.84. The number of aliphatic hydroxyl groups excluding tert-OH is 3. The van der Waals surface area contributed by atoms with Crippen LogP contribution in [0.5, 0.6) is 11.5 Å². The highest BCUT2D eigenvalue weighted by molar-refractivity contribution is 5.69. The van der Waals surface area contributed by atoms with Gasteiger partial charge in [0.15, 0.2) is 0 Å². The Hall–Kier alpha value is -2.61. The zero-order valence-electron chi connectivity index (χ0n) is 46.6. The quantitative estimate of drug-likeness (QED) is 0.0545. The number of phenols is 2. The van der Waals surface area contributed by atoms with Crippen LogP contribution in [0, 0.1) is 58.2 Å². The zero-order valence-corrected chi connectivity index (χ0v) is 46.6. The van der Waals surface area contributed by atoms with Crippen molar-refractivity contribution >= 4 is 5.97 Å². The van der Waals surface area contributed by atoms with Crippen LogP contribution in [0.25, 0.3) is 0 Å². The second-order valence-electron chi connectivity index (χ2n) is 25.4. The van der Waals surface area contributed by atoms with Crippen molar-refractivity contribution in [1.82, 2.24) is 0 Å². The van der Waals surface area contributed by atoms with E-state index >= 15 is 0 Å². The van der Waals surface area contributed by atoms with E-state index in [0.29, 0.717) is 58.8 Å². The Kier molecular flexibility index (Phi) is 23.2. The highest BCUT2D eigenvalue weighted by atomic mass is 16.4. The van der Waals surface area contributed by atoms with E-state index in [1.807, 2.05) is 24.3 Å². The fourth-order valence-corrected chi connectivity index (χ4v) is 17.1. The van der Waals surface area contributed by atoms with Crippen LogP contribution in [0.3, 0.4) is 0 Å². The van der Waals surface area contributed by atoms with Gasteiger partial charge < -0.3 is 30.6 Å². The largest absolute Gasteiger partial charge is 0.508 e. The molecule has 14 atom stereocenters. The van der Waals surface area contributed by atoms with Crippen LogP contribution in [-0.2, 0) is 17.6 Å². The third-order valence-electron chi connectivity index (χ3n) is 20.7. The smallest absolute Gasteiger partial charge is 0.306 e. The van der Waals surface area contributed by atoms with Crippen LogP contribution in [0.2, 0.25) is 0 Å². The van der Waals surface area contributed by atoms with Crippen molar-refractivity contribution in [3.63, 3.8) is 0 Å². The number of aromatic hydroxyl groups is 2. The van der Waals surface area contributed by atoms with Gasteiger partial charge in [0.1, 0.15) is 11.5 Å². The highest BCUT2D eigenvalue weighted by Gasteiger charge is 2.58. The molecule has 6 aliphatic rings. The van der Waals surface area contributed by atoms with Crippen LogP contribution in [0.15, 0.2) is 36.4 Å². The van der Waals surface area contributed by atoms with Crippen LogP contribution < -0.4 is 0 Å². The number of aryl methyl sites for hydroxylation is 2. The van der Waals surface area contributed by atoms with E-state index in [9.17, 15) is 30.3 Å². The van der Waals surface area contributed by atoms with E-state index in [2.05, 4.69) is 46.8 Å². The molecule has 0 bridgehead atoms. The third-order valence-corrected chi connectivity index (χ3v) is 20.7. The molecule has 7 heteroatoms. The maximum atomic E-state index is 11.3. The summed E-state index contributed by atoms with van der Waals surface area (Å²) < 4.78 is 0. The van der Waals surface area contributed by atoms with E-state index in [1.165, 1.54) is 164 Å².